The summed E-state index contributed by atoms with van der Waals surface area (Å²) in [7, 11) is 0. The van der Waals surface area contributed by atoms with Crippen molar-refractivity contribution in [2.75, 3.05) is 6.61 Å². The van der Waals surface area contributed by atoms with Crippen LogP contribution in [0.5, 0.6) is 0 Å². The highest BCUT2D eigenvalue weighted by molar-refractivity contribution is 7.09. The Balaban J connectivity index is 1.92. The second kappa shape index (κ2) is 4.66. The molecule has 0 radical (unpaired) electrons. The third-order valence-electron chi connectivity index (χ3n) is 2.37. The summed E-state index contributed by atoms with van der Waals surface area (Å²) < 4.78 is 5.60. The molecule has 2 rings (SSSR count). The lowest BCUT2D eigenvalue weighted by molar-refractivity contribution is 0.0167. The maximum atomic E-state index is 10.4. The van der Waals surface area contributed by atoms with Crippen molar-refractivity contribution in [2.24, 2.45) is 0 Å². The topological polar surface area (TPSA) is 39.2 Å². The lowest BCUT2D eigenvalue weighted by Gasteiger charge is -2.21. The number of thiazole rings is 1. The molecule has 3 nitrogen and oxygen atoms in total. The standard InChI is InChI=1S/C10H13NO2S/c12-6-8-7-14-10(11-8)5-9-3-1-2-4-13-9/h6-7,9H,1-5H2. The van der Waals surface area contributed by atoms with Gasteiger partial charge in [0, 0.05) is 18.4 Å². The highest BCUT2D eigenvalue weighted by Crippen LogP contribution is 2.19. The van der Waals surface area contributed by atoms with Crippen molar-refractivity contribution in [1.29, 1.82) is 0 Å². The van der Waals surface area contributed by atoms with Gasteiger partial charge < -0.3 is 4.74 Å². The fraction of sp³-hybridized carbons (Fsp3) is 0.600. The van der Waals surface area contributed by atoms with Gasteiger partial charge in [0.2, 0.25) is 0 Å². The Morgan fingerprint density at radius 3 is 3.21 bits per heavy atom. The van der Waals surface area contributed by atoms with Gasteiger partial charge in [-0.1, -0.05) is 0 Å². The van der Waals surface area contributed by atoms with Gasteiger partial charge in [-0.25, -0.2) is 4.98 Å². The minimum atomic E-state index is 0.314. The van der Waals surface area contributed by atoms with E-state index in [0.717, 1.165) is 30.7 Å². The Kier molecular flexibility index (Phi) is 3.26. The maximum Gasteiger partial charge on any atom is 0.169 e. The van der Waals surface area contributed by atoms with Crippen molar-refractivity contribution in [3.63, 3.8) is 0 Å². The van der Waals surface area contributed by atoms with Crippen molar-refractivity contribution < 1.29 is 9.53 Å². The molecule has 14 heavy (non-hydrogen) atoms. The Labute approximate surface area is 87.1 Å². The maximum absolute atomic E-state index is 10.4. The number of carbonyl (C=O) groups is 1. The Morgan fingerprint density at radius 2 is 2.57 bits per heavy atom. The van der Waals surface area contributed by atoms with E-state index < -0.39 is 0 Å². The number of rotatable bonds is 3. The van der Waals surface area contributed by atoms with E-state index in [1.807, 2.05) is 0 Å². The van der Waals surface area contributed by atoms with Crippen molar-refractivity contribution >= 4 is 17.6 Å². The van der Waals surface area contributed by atoms with E-state index in [2.05, 4.69) is 4.98 Å². The first-order chi connectivity index (χ1) is 6.88. The van der Waals surface area contributed by atoms with Gasteiger partial charge in [-0.3, -0.25) is 4.79 Å². The zero-order valence-corrected chi connectivity index (χ0v) is 8.76. The molecule has 1 aromatic heterocycles. The van der Waals surface area contributed by atoms with Crippen molar-refractivity contribution in [3.05, 3.63) is 16.1 Å². The summed E-state index contributed by atoms with van der Waals surface area (Å²) in [6, 6.07) is 0. The molecule has 0 aliphatic carbocycles. The van der Waals surface area contributed by atoms with Gasteiger partial charge >= 0.3 is 0 Å². The lowest BCUT2D eigenvalue weighted by Crippen LogP contribution is -2.21. The van der Waals surface area contributed by atoms with Gasteiger partial charge in [0.15, 0.2) is 6.29 Å². The van der Waals surface area contributed by atoms with E-state index in [1.165, 1.54) is 12.8 Å². The third-order valence-corrected chi connectivity index (χ3v) is 3.26. The number of ether oxygens (including phenoxy) is 1. The van der Waals surface area contributed by atoms with Crippen molar-refractivity contribution in [3.8, 4) is 0 Å². The van der Waals surface area contributed by atoms with E-state index >= 15 is 0 Å². The Morgan fingerprint density at radius 1 is 1.64 bits per heavy atom. The average Bonchev–Trinajstić information content (AvgIpc) is 2.67. The van der Waals surface area contributed by atoms with E-state index in [1.54, 1.807) is 16.7 Å². The molecule has 0 spiro atoms. The third kappa shape index (κ3) is 2.39. The molecule has 0 bridgehead atoms. The van der Waals surface area contributed by atoms with Crippen LogP contribution in [0.3, 0.4) is 0 Å². The van der Waals surface area contributed by atoms with Crippen LogP contribution in [0.4, 0.5) is 0 Å². The summed E-state index contributed by atoms with van der Waals surface area (Å²) in [5, 5.41) is 2.81. The summed E-state index contributed by atoms with van der Waals surface area (Å²) in [6.45, 7) is 0.872. The molecule has 1 unspecified atom stereocenters. The molecule has 1 saturated heterocycles. The first-order valence-electron chi connectivity index (χ1n) is 4.89. The molecule has 2 heterocycles. The minimum Gasteiger partial charge on any atom is -0.378 e. The normalized spacial score (nSPS) is 22.1. The molecular weight excluding hydrogens is 198 g/mol. The molecule has 0 aromatic carbocycles. The van der Waals surface area contributed by atoms with E-state index in [9.17, 15) is 4.79 Å². The number of carbonyl (C=O) groups excluding carboxylic acids is 1. The predicted molar refractivity (Wildman–Crippen MR) is 54.8 cm³/mol. The number of aromatic nitrogens is 1. The molecule has 0 amide bonds. The summed E-state index contributed by atoms with van der Waals surface area (Å²) in [4.78, 5) is 14.6. The molecule has 1 aliphatic heterocycles. The monoisotopic (exact) mass is 211 g/mol. The van der Waals surface area contributed by atoms with Gasteiger partial charge in [-0.2, -0.15) is 0 Å². The van der Waals surface area contributed by atoms with Crippen molar-refractivity contribution in [2.45, 2.75) is 31.8 Å². The van der Waals surface area contributed by atoms with Gasteiger partial charge in [0.05, 0.1) is 11.1 Å². The van der Waals surface area contributed by atoms with Crippen molar-refractivity contribution in [1.82, 2.24) is 4.98 Å². The van der Waals surface area contributed by atoms with Gasteiger partial charge in [0.25, 0.3) is 0 Å². The predicted octanol–water partition coefficient (Wildman–Crippen LogP) is 2.07. The molecule has 0 N–H and O–H groups in total. The largest absolute Gasteiger partial charge is 0.378 e. The molecule has 0 saturated carbocycles. The number of hydrogen-bond donors (Lipinski definition) is 0. The molecule has 1 aliphatic rings. The van der Waals surface area contributed by atoms with Gasteiger partial charge in [-0.15, -0.1) is 11.3 Å². The zero-order valence-electron chi connectivity index (χ0n) is 7.94. The zero-order chi connectivity index (χ0) is 9.80. The van der Waals surface area contributed by atoms with Gasteiger partial charge in [0.1, 0.15) is 5.69 Å². The first kappa shape index (κ1) is 9.80. The number of hydrogen-bond acceptors (Lipinski definition) is 4. The van der Waals surface area contributed by atoms with E-state index in [4.69, 9.17) is 4.74 Å². The fourth-order valence-corrected chi connectivity index (χ4v) is 2.44. The lowest BCUT2D eigenvalue weighted by atomic mass is 10.1. The van der Waals surface area contributed by atoms with Crippen LogP contribution in [-0.2, 0) is 11.2 Å². The Bertz CT molecular complexity index is 305. The summed E-state index contributed by atoms with van der Waals surface area (Å²) in [6.07, 6.45) is 5.51. The summed E-state index contributed by atoms with van der Waals surface area (Å²) in [5.74, 6) is 0. The van der Waals surface area contributed by atoms with Crippen LogP contribution in [0.2, 0.25) is 0 Å². The van der Waals surface area contributed by atoms with Crippen LogP contribution in [-0.4, -0.2) is 24.0 Å². The summed E-state index contributed by atoms with van der Waals surface area (Å²) in [5.41, 5.74) is 0.542. The molecule has 76 valence electrons. The quantitative estimate of drug-likeness (QED) is 0.718. The van der Waals surface area contributed by atoms with Crippen LogP contribution >= 0.6 is 11.3 Å². The molecule has 1 aromatic rings. The Hall–Kier alpha value is -0.740. The highest BCUT2D eigenvalue weighted by Gasteiger charge is 2.15. The second-order valence-electron chi connectivity index (χ2n) is 3.48. The molecule has 1 fully saturated rings. The van der Waals surface area contributed by atoms with Crippen LogP contribution < -0.4 is 0 Å². The van der Waals surface area contributed by atoms with E-state index in [0.29, 0.717) is 11.8 Å². The molecule has 1 atom stereocenters. The van der Waals surface area contributed by atoms with Gasteiger partial charge in [-0.05, 0) is 19.3 Å². The van der Waals surface area contributed by atoms with Crippen LogP contribution in [0.15, 0.2) is 5.38 Å². The van der Waals surface area contributed by atoms with Crippen LogP contribution in [0.1, 0.15) is 34.8 Å². The number of nitrogens with zero attached hydrogens (tertiary/aromatic N) is 1. The van der Waals surface area contributed by atoms with Crippen LogP contribution in [0, 0.1) is 0 Å². The smallest absolute Gasteiger partial charge is 0.169 e. The molecule has 4 heteroatoms. The SMILES string of the molecule is O=Cc1csc(CC2CCCCO2)n1. The summed E-state index contributed by atoms with van der Waals surface area (Å²) >= 11 is 1.55. The second-order valence-corrected chi connectivity index (χ2v) is 4.42. The average molecular weight is 211 g/mol. The number of aldehydes is 1. The highest BCUT2D eigenvalue weighted by atomic mass is 32.1. The fourth-order valence-electron chi connectivity index (χ4n) is 1.64. The molecular formula is C10H13NO2S. The van der Waals surface area contributed by atoms with E-state index in [-0.39, 0.29) is 0 Å². The first-order valence-corrected chi connectivity index (χ1v) is 5.77. The minimum absolute atomic E-state index is 0.314. The van der Waals surface area contributed by atoms with Crippen LogP contribution in [0.25, 0.3) is 0 Å².